The van der Waals surface area contributed by atoms with Gasteiger partial charge in [-0.15, -0.1) is 0 Å². The molecule has 0 radical (unpaired) electrons. The molecule has 10 heteroatoms. The summed E-state index contributed by atoms with van der Waals surface area (Å²) in [6.07, 6.45) is 2.99. The van der Waals surface area contributed by atoms with Crippen molar-refractivity contribution in [2.45, 2.75) is 13.5 Å². The first kappa shape index (κ1) is 22.2. The van der Waals surface area contributed by atoms with Gasteiger partial charge in [0.15, 0.2) is 17.2 Å². The van der Waals surface area contributed by atoms with E-state index in [1.54, 1.807) is 35.0 Å². The summed E-state index contributed by atoms with van der Waals surface area (Å²) in [4.78, 5) is 27.3. The molecule has 1 aliphatic heterocycles. The lowest BCUT2D eigenvalue weighted by molar-refractivity contribution is 0.0695. The Morgan fingerprint density at radius 3 is 2.66 bits per heavy atom. The average Bonchev–Trinajstić information content (AvgIpc) is 3.25. The Balaban J connectivity index is 0.000000165. The van der Waals surface area contributed by atoms with Crippen LogP contribution in [-0.4, -0.2) is 32.5 Å². The van der Waals surface area contributed by atoms with Gasteiger partial charge in [0, 0.05) is 30.4 Å². The van der Waals surface area contributed by atoms with Crippen LogP contribution in [0, 0.1) is 3.57 Å². The van der Waals surface area contributed by atoms with Crippen molar-refractivity contribution < 1.29 is 24.5 Å². The first-order valence-corrected chi connectivity index (χ1v) is 10.9. The molecular formula is C22H16ClIN2O6. The molecule has 2 aromatic heterocycles. The normalized spacial score (nSPS) is 12.0. The third-order valence-corrected chi connectivity index (χ3v) is 6.05. The molecule has 0 saturated carbocycles. The maximum Gasteiger partial charge on any atom is 0.341 e. The number of aryl methyl sites for hydroxylation is 1. The fourth-order valence-corrected chi connectivity index (χ4v) is 4.36. The largest absolute Gasteiger partial charge is 0.505 e. The van der Waals surface area contributed by atoms with E-state index in [2.05, 4.69) is 4.98 Å². The fraction of sp³-hybridized carbons (Fsp3) is 0.136. The lowest BCUT2D eigenvalue weighted by Gasteiger charge is -2.10. The monoisotopic (exact) mass is 566 g/mol. The number of benzene rings is 2. The summed E-state index contributed by atoms with van der Waals surface area (Å²) in [6.45, 7) is 2.54. The lowest BCUT2D eigenvalue weighted by Crippen LogP contribution is -2.18. The lowest BCUT2D eigenvalue weighted by atomic mass is 10.1. The number of fused-ring (bicyclic) bond motifs is 3. The number of phenolic OH excluding ortho intramolecular Hbond substituents is 1. The molecule has 2 N–H and O–H groups in total. The topological polar surface area (TPSA) is 111 Å². The highest BCUT2D eigenvalue weighted by Gasteiger charge is 2.20. The van der Waals surface area contributed by atoms with Gasteiger partial charge in [0.2, 0.25) is 12.2 Å². The Hall–Kier alpha value is -3.05. The van der Waals surface area contributed by atoms with Gasteiger partial charge in [-0.2, -0.15) is 0 Å². The Morgan fingerprint density at radius 2 is 1.97 bits per heavy atom. The van der Waals surface area contributed by atoms with E-state index in [9.17, 15) is 14.7 Å². The van der Waals surface area contributed by atoms with Gasteiger partial charge in [-0.3, -0.25) is 9.78 Å². The third-order valence-electron chi connectivity index (χ3n) is 4.91. The molecule has 5 rings (SSSR count). The molecule has 8 nitrogen and oxygen atoms in total. The maximum absolute atomic E-state index is 12.1. The third kappa shape index (κ3) is 3.93. The van der Waals surface area contributed by atoms with Gasteiger partial charge in [0.1, 0.15) is 11.1 Å². The van der Waals surface area contributed by atoms with E-state index in [0.29, 0.717) is 43.1 Å². The second kappa shape index (κ2) is 8.83. The number of aromatic hydroxyl groups is 1. The number of carboxylic acid groups (broad SMARTS) is 1. The number of phenols is 1. The van der Waals surface area contributed by atoms with E-state index in [1.807, 2.05) is 35.6 Å². The van der Waals surface area contributed by atoms with Crippen molar-refractivity contribution in [3.63, 3.8) is 0 Å². The highest BCUT2D eigenvalue weighted by molar-refractivity contribution is 14.1. The number of rotatable bonds is 2. The van der Waals surface area contributed by atoms with E-state index in [4.69, 9.17) is 26.2 Å². The van der Waals surface area contributed by atoms with Crippen molar-refractivity contribution in [2.24, 2.45) is 0 Å². The number of halogens is 2. The van der Waals surface area contributed by atoms with Gasteiger partial charge in [-0.25, -0.2) is 4.79 Å². The summed E-state index contributed by atoms with van der Waals surface area (Å²) in [5, 5.41) is 20.4. The van der Waals surface area contributed by atoms with Crippen molar-refractivity contribution in [3.05, 3.63) is 67.1 Å². The number of aromatic carboxylic acids is 1. The predicted molar refractivity (Wildman–Crippen MR) is 128 cm³/mol. The minimum Gasteiger partial charge on any atom is -0.505 e. The zero-order valence-corrected chi connectivity index (χ0v) is 19.5. The molecule has 0 bridgehead atoms. The summed E-state index contributed by atoms with van der Waals surface area (Å²) in [6, 6.07) is 8.59. The number of carbonyl (C=O) groups is 1. The average molecular weight is 567 g/mol. The first-order valence-electron chi connectivity index (χ1n) is 9.43. The van der Waals surface area contributed by atoms with E-state index < -0.39 is 11.4 Å². The van der Waals surface area contributed by atoms with Crippen molar-refractivity contribution in [3.8, 4) is 17.2 Å². The van der Waals surface area contributed by atoms with Crippen LogP contribution >= 0.6 is 34.2 Å². The molecule has 32 heavy (non-hydrogen) atoms. The molecule has 0 saturated heterocycles. The molecular weight excluding hydrogens is 551 g/mol. The molecule has 2 aromatic carbocycles. The van der Waals surface area contributed by atoms with E-state index in [0.717, 1.165) is 5.39 Å². The smallest absolute Gasteiger partial charge is 0.341 e. The van der Waals surface area contributed by atoms with Crippen molar-refractivity contribution >= 4 is 62.0 Å². The molecule has 0 spiro atoms. The Bertz CT molecular complexity index is 1440. The zero-order chi connectivity index (χ0) is 23.0. The summed E-state index contributed by atoms with van der Waals surface area (Å²) in [5.41, 5.74) is 0.444. The van der Waals surface area contributed by atoms with E-state index in [-0.39, 0.29) is 18.1 Å². The van der Waals surface area contributed by atoms with Crippen molar-refractivity contribution in [2.75, 3.05) is 6.79 Å². The summed E-state index contributed by atoms with van der Waals surface area (Å²) >= 11 is 8.00. The number of ether oxygens (including phenoxy) is 2. The first-order chi connectivity index (χ1) is 15.3. The summed E-state index contributed by atoms with van der Waals surface area (Å²) in [7, 11) is 0. The SMILES string of the molecule is CCn1cc(C(=O)O)c(=O)c2cc3c(cc21)OCO3.Oc1c(I)cc(Cl)c2cccnc12. The minimum atomic E-state index is -1.23. The quantitative estimate of drug-likeness (QED) is 0.340. The Kier molecular flexibility index (Phi) is 6.11. The molecule has 3 heterocycles. The predicted octanol–water partition coefficient (Wildman–Crippen LogP) is 4.65. The van der Waals surface area contributed by atoms with Gasteiger partial charge in [0.05, 0.1) is 19.5 Å². The fourth-order valence-electron chi connectivity index (χ4n) is 3.35. The number of hydrogen-bond acceptors (Lipinski definition) is 6. The molecule has 0 atom stereocenters. The zero-order valence-electron chi connectivity index (χ0n) is 16.6. The molecule has 1 aliphatic rings. The molecule has 0 fully saturated rings. The maximum atomic E-state index is 12.1. The molecule has 0 unspecified atom stereocenters. The Morgan fingerprint density at radius 1 is 1.25 bits per heavy atom. The van der Waals surface area contributed by atoms with Gasteiger partial charge < -0.3 is 24.3 Å². The van der Waals surface area contributed by atoms with Crippen LogP contribution in [0.2, 0.25) is 5.02 Å². The second-order valence-electron chi connectivity index (χ2n) is 6.77. The van der Waals surface area contributed by atoms with E-state index in [1.165, 1.54) is 6.20 Å². The summed E-state index contributed by atoms with van der Waals surface area (Å²) < 4.78 is 12.9. The molecule has 164 valence electrons. The number of nitrogens with zero attached hydrogens (tertiary/aromatic N) is 2. The Labute approximate surface area is 200 Å². The van der Waals surface area contributed by atoms with E-state index >= 15 is 0 Å². The van der Waals surface area contributed by atoms with Crippen LogP contribution in [0.4, 0.5) is 0 Å². The van der Waals surface area contributed by atoms with Crippen LogP contribution in [0.3, 0.4) is 0 Å². The van der Waals surface area contributed by atoms with Gasteiger partial charge in [0.25, 0.3) is 0 Å². The van der Waals surface area contributed by atoms with Crippen LogP contribution in [0.15, 0.2) is 47.5 Å². The highest BCUT2D eigenvalue weighted by atomic mass is 127. The minimum absolute atomic E-state index is 0.109. The second-order valence-corrected chi connectivity index (χ2v) is 8.34. The van der Waals surface area contributed by atoms with Crippen LogP contribution in [0.25, 0.3) is 21.8 Å². The number of hydrogen-bond donors (Lipinski definition) is 2. The highest BCUT2D eigenvalue weighted by Crippen LogP contribution is 2.35. The van der Waals surface area contributed by atoms with Gasteiger partial charge >= 0.3 is 5.97 Å². The molecule has 0 amide bonds. The number of carboxylic acids is 1. The van der Waals surface area contributed by atoms with Crippen LogP contribution in [-0.2, 0) is 6.54 Å². The number of aromatic nitrogens is 2. The van der Waals surface area contributed by atoms with Gasteiger partial charge in [-0.1, -0.05) is 11.6 Å². The molecule has 4 aromatic rings. The standard InChI is InChI=1S/C13H11NO5.C9H5ClINO/c1-2-14-5-8(13(16)17)12(15)7-3-10-11(4-9(7)14)19-6-18-10;10-6-4-7(11)9(13)8-5(6)2-1-3-12-8/h3-5H,2,6H2,1H3,(H,16,17);1-4,13H. The van der Waals surface area contributed by atoms with Crippen molar-refractivity contribution in [1.82, 2.24) is 9.55 Å². The van der Waals surface area contributed by atoms with Gasteiger partial charge in [-0.05, 0) is 53.8 Å². The van der Waals surface area contributed by atoms with Crippen LogP contribution in [0.5, 0.6) is 17.2 Å². The van der Waals surface area contributed by atoms with Crippen molar-refractivity contribution in [1.29, 1.82) is 0 Å². The summed E-state index contributed by atoms with van der Waals surface area (Å²) in [5.74, 6) is -0.000617. The number of pyridine rings is 2. The van der Waals surface area contributed by atoms with Crippen LogP contribution < -0.4 is 14.9 Å². The molecule has 0 aliphatic carbocycles. The van der Waals surface area contributed by atoms with Crippen LogP contribution in [0.1, 0.15) is 17.3 Å².